The first kappa shape index (κ1) is 15.0. The molecule has 2 heteroatoms. The average Bonchev–Trinajstić information content (AvgIpc) is 2.30. The van der Waals surface area contributed by atoms with Crippen LogP contribution >= 0.6 is 0 Å². The predicted molar refractivity (Wildman–Crippen MR) is 78.1 cm³/mol. The van der Waals surface area contributed by atoms with Gasteiger partial charge in [-0.2, -0.15) is 0 Å². The molecule has 1 aromatic rings. The number of ether oxygens (including phenoxy) is 1. The van der Waals surface area contributed by atoms with Crippen LogP contribution < -0.4 is 10.5 Å². The Morgan fingerprint density at radius 3 is 2.50 bits per heavy atom. The van der Waals surface area contributed by atoms with Gasteiger partial charge in [0, 0.05) is 0 Å². The Morgan fingerprint density at radius 1 is 1.22 bits per heavy atom. The molecule has 1 aromatic carbocycles. The van der Waals surface area contributed by atoms with Gasteiger partial charge in [0.1, 0.15) is 5.75 Å². The molecule has 0 aromatic heterocycles. The van der Waals surface area contributed by atoms with E-state index in [-0.39, 0.29) is 0 Å². The first-order valence-corrected chi connectivity index (χ1v) is 6.95. The Labute approximate surface area is 112 Å². The molecule has 2 nitrogen and oxygen atoms in total. The second kappa shape index (κ2) is 7.42. The van der Waals surface area contributed by atoms with Gasteiger partial charge in [0.15, 0.2) is 0 Å². The van der Waals surface area contributed by atoms with Crippen molar-refractivity contribution in [3.8, 4) is 5.75 Å². The Morgan fingerprint density at radius 2 is 1.94 bits per heavy atom. The van der Waals surface area contributed by atoms with Crippen molar-refractivity contribution in [3.05, 3.63) is 29.3 Å². The summed E-state index contributed by atoms with van der Waals surface area (Å²) in [5, 5.41) is 0. The number of hydrogen-bond donors (Lipinski definition) is 1. The minimum atomic E-state index is 0.564. The quantitative estimate of drug-likeness (QED) is 0.802. The average molecular weight is 249 g/mol. The summed E-state index contributed by atoms with van der Waals surface area (Å²) in [6.07, 6.45) is 2.19. The largest absolute Gasteiger partial charge is 0.493 e. The highest BCUT2D eigenvalue weighted by Crippen LogP contribution is 2.21. The normalized spacial score (nSPS) is 12.8. The van der Waals surface area contributed by atoms with Crippen molar-refractivity contribution in [3.63, 3.8) is 0 Å². The van der Waals surface area contributed by atoms with Crippen molar-refractivity contribution in [2.75, 3.05) is 13.2 Å². The zero-order valence-corrected chi connectivity index (χ0v) is 12.2. The minimum Gasteiger partial charge on any atom is -0.493 e. The molecule has 0 radical (unpaired) electrons. The van der Waals surface area contributed by atoms with Crippen LogP contribution in [0.5, 0.6) is 5.75 Å². The van der Waals surface area contributed by atoms with Gasteiger partial charge in [-0.1, -0.05) is 26.8 Å². The summed E-state index contributed by atoms with van der Waals surface area (Å²) in [4.78, 5) is 0. The molecule has 0 amide bonds. The van der Waals surface area contributed by atoms with E-state index < -0.39 is 0 Å². The fraction of sp³-hybridized carbons (Fsp3) is 0.625. The van der Waals surface area contributed by atoms with Gasteiger partial charge in [-0.15, -0.1) is 0 Å². The molecule has 1 unspecified atom stereocenters. The van der Waals surface area contributed by atoms with E-state index in [2.05, 4.69) is 45.9 Å². The first-order chi connectivity index (χ1) is 8.52. The summed E-state index contributed by atoms with van der Waals surface area (Å²) >= 11 is 0. The van der Waals surface area contributed by atoms with Crippen molar-refractivity contribution < 1.29 is 4.74 Å². The third-order valence-electron chi connectivity index (χ3n) is 3.13. The fourth-order valence-electron chi connectivity index (χ4n) is 2.01. The lowest BCUT2D eigenvalue weighted by Gasteiger charge is -2.14. The molecule has 18 heavy (non-hydrogen) atoms. The maximum Gasteiger partial charge on any atom is 0.119 e. The summed E-state index contributed by atoms with van der Waals surface area (Å²) in [6, 6.07) is 6.42. The van der Waals surface area contributed by atoms with E-state index in [1.54, 1.807) is 0 Å². The van der Waals surface area contributed by atoms with Gasteiger partial charge in [0.25, 0.3) is 0 Å². The van der Waals surface area contributed by atoms with Crippen LogP contribution in [0, 0.1) is 18.8 Å². The SMILES string of the molecule is Cc1cc(OCC(C)C)ccc1CC(C)CCN. The monoisotopic (exact) mass is 249 g/mol. The van der Waals surface area contributed by atoms with Crippen molar-refractivity contribution in [1.82, 2.24) is 0 Å². The lowest BCUT2D eigenvalue weighted by Crippen LogP contribution is -2.09. The van der Waals surface area contributed by atoms with Gasteiger partial charge < -0.3 is 10.5 Å². The van der Waals surface area contributed by atoms with Crippen LogP contribution in [-0.2, 0) is 6.42 Å². The van der Waals surface area contributed by atoms with Crippen LogP contribution in [0.1, 0.15) is 38.3 Å². The highest BCUT2D eigenvalue weighted by Gasteiger charge is 2.06. The van der Waals surface area contributed by atoms with Crippen LogP contribution in [0.25, 0.3) is 0 Å². The van der Waals surface area contributed by atoms with Crippen LogP contribution in [0.15, 0.2) is 18.2 Å². The van der Waals surface area contributed by atoms with Crippen molar-refractivity contribution >= 4 is 0 Å². The number of rotatable bonds is 7. The first-order valence-electron chi connectivity index (χ1n) is 6.95. The Balaban J connectivity index is 2.61. The molecule has 0 aliphatic heterocycles. The van der Waals surface area contributed by atoms with Gasteiger partial charge in [0.05, 0.1) is 6.61 Å². The molecule has 0 bridgehead atoms. The fourth-order valence-corrected chi connectivity index (χ4v) is 2.01. The van der Waals surface area contributed by atoms with Gasteiger partial charge >= 0.3 is 0 Å². The molecule has 0 spiro atoms. The van der Waals surface area contributed by atoms with E-state index >= 15 is 0 Å². The lowest BCUT2D eigenvalue weighted by molar-refractivity contribution is 0.271. The van der Waals surface area contributed by atoms with E-state index in [4.69, 9.17) is 10.5 Å². The number of nitrogens with two attached hydrogens (primary N) is 1. The highest BCUT2D eigenvalue weighted by atomic mass is 16.5. The molecule has 0 aliphatic rings. The Kier molecular flexibility index (Phi) is 6.20. The minimum absolute atomic E-state index is 0.564. The maximum absolute atomic E-state index is 5.74. The highest BCUT2D eigenvalue weighted by molar-refractivity contribution is 5.35. The summed E-state index contributed by atoms with van der Waals surface area (Å²) < 4.78 is 5.74. The molecular weight excluding hydrogens is 222 g/mol. The van der Waals surface area contributed by atoms with Crippen molar-refractivity contribution in [2.24, 2.45) is 17.6 Å². The van der Waals surface area contributed by atoms with Gasteiger partial charge in [-0.05, 0) is 61.4 Å². The summed E-state index contributed by atoms with van der Waals surface area (Å²) in [5.41, 5.74) is 8.32. The molecule has 2 N–H and O–H groups in total. The number of benzene rings is 1. The number of hydrogen-bond acceptors (Lipinski definition) is 2. The molecule has 0 saturated carbocycles. The standard InChI is InChI=1S/C16H27NO/c1-12(2)11-18-16-6-5-15(14(4)10-16)9-13(3)7-8-17/h5-6,10,12-13H,7-9,11,17H2,1-4H3. The molecule has 1 atom stereocenters. The van der Waals surface area contributed by atoms with Crippen LogP contribution in [-0.4, -0.2) is 13.2 Å². The van der Waals surface area contributed by atoms with E-state index in [1.165, 1.54) is 11.1 Å². The zero-order valence-electron chi connectivity index (χ0n) is 12.2. The second-order valence-corrected chi connectivity index (χ2v) is 5.68. The van der Waals surface area contributed by atoms with Gasteiger partial charge in [-0.3, -0.25) is 0 Å². The smallest absolute Gasteiger partial charge is 0.119 e. The summed E-state index contributed by atoms with van der Waals surface area (Å²) in [7, 11) is 0. The van der Waals surface area contributed by atoms with Gasteiger partial charge in [0.2, 0.25) is 0 Å². The molecule has 0 aliphatic carbocycles. The molecular formula is C16H27NO. The van der Waals surface area contributed by atoms with E-state index in [0.29, 0.717) is 11.8 Å². The topological polar surface area (TPSA) is 35.2 Å². The molecule has 1 rings (SSSR count). The van der Waals surface area contributed by atoms with E-state index in [0.717, 1.165) is 31.7 Å². The lowest BCUT2D eigenvalue weighted by atomic mass is 9.95. The van der Waals surface area contributed by atoms with E-state index in [1.807, 2.05) is 0 Å². The van der Waals surface area contributed by atoms with Crippen molar-refractivity contribution in [2.45, 2.75) is 40.5 Å². The Bertz CT molecular complexity index is 360. The van der Waals surface area contributed by atoms with Crippen LogP contribution in [0.3, 0.4) is 0 Å². The third-order valence-corrected chi connectivity index (χ3v) is 3.13. The number of aryl methyl sites for hydroxylation is 1. The van der Waals surface area contributed by atoms with Gasteiger partial charge in [-0.25, -0.2) is 0 Å². The molecule has 0 saturated heterocycles. The summed E-state index contributed by atoms with van der Waals surface area (Å²) in [5.74, 6) is 2.20. The van der Waals surface area contributed by atoms with Crippen LogP contribution in [0.4, 0.5) is 0 Å². The zero-order chi connectivity index (χ0) is 13.5. The third kappa shape index (κ3) is 5.09. The maximum atomic E-state index is 5.74. The van der Waals surface area contributed by atoms with Crippen molar-refractivity contribution in [1.29, 1.82) is 0 Å². The summed E-state index contributed by atoms with van der Waals surface area (Å²) in [6.45, 7) is 10.3. The van der Waals surface area contributed by atoms with E-state index in [9.17, 15) is 0 Å². The predicted octanol–water partition coefficient (Wildman–Crippen LogP) is 3.56. The van der Waals surface area contributed by atoms with Crippen LogP contribution in [0.2, 0.25) is 0 Å². The molecule has 102 valence electrons. The second-order valence-electron chi connectivity index (χ2n) is 5.68. The molecule has 0 heterocycles. The Hall–Kier alpha value is -1.02. The molecule has 0 fully saturated rings.